The molecule has 0 spiro atoms. The summed E-state index contributed by atoms with van der Waals surface area (Å²) in [6, 6.07) is 22.8. The summed E-state index contributed by atoms with van der Waals surface area (Å²) in [4.78, 5) is 18.5. The van der Waals surface area contributed by atoms with Gasteiger partial charge in [0.05, 0.1) is 11.7 Å². The van der Waals surface area contributed by atoms with Crippen LogP contribution in [0.3, 0.4) is 0 Å². The van der Waals surface area contributed by atoms with E-state index in [-0.39, 0.29) is 6.04 Å². The molecular weight excluding hydrogens is 364 g/mol. The molecule has 2 atom stereocenters. The van der Waals surface area contributed by atoms with Gasteiger partial charge in [-0.25, -0.2) is 0 Å². The summed E-state index contributed by atoms with van der Waals surface area (Å²) in [6.45, 7) is 1.17. The molecular formula is C24H24N2O3. The maximum absolute atomic E-state index is 11.9. The topological polar surface area (TPSA) is 62.7 Å². The van der Waals surface area contributed by atoms with Gasteiger partial charge in [-0.2, -0.15) is 0 Å². The Morgan fingerprint density at radius 2 is 1.83 bits per heavy atom. The molecule has 0 saturated carbocycles. The van der Waals surface area contributed by atoms with Gasteiger partial charge in [0, 0.05) is 18.3 Å². The van der Waals surface area contributed by atoms with Gasteiger partial charge >= 0.3 is 5.97 Å². The second-order valence-electron chi connectivity index (χ2n) is 7.20. The predicted molar refractivity (Wildman–Crippen MR) is 111 cm³/mol. The summed E-state index contributed by atoms with van der Waals surface area (Å²) in [5, 5.41) is 9.75. The Hall–Kier alpha value is -3.18. The number of carboxylic acid groups (broad SMARTS) is 1. The van der Waals surface area contributed by atoms with Crippen molar-refractivity contribution in [3.05, 3.63) is 95.8 Å². The van der Waals surface area contributed by atoms with Crippen molar-refractivity contribution in [3.63, 3.8) is 0 Å². The van der Waals surface area contributed by atoms with Gasteiger partial charge in [-0.1, -0.05) is 54.6 Å². The molecule has 1 aliphatic rings. The van der Waals surface area contributed by atoms with Crippen LogP contribution in [0, 0.1) is 0 Å². The van der Waals surface area contributed by atoms with Gasteiger partial charge in [0.2, 0.25) is 0 Å². The highest BCUT2D eigenvalue weighted by molar-refractivity contribution is 5.74. The lowest BCUT2D eigenvalue weighted by molar-refractivity contribution is -0.142. The quantitative estimate of drug-likeness (QED) is 0.654. The standard InChI is InChI=1S/C24H24N2O3/c27-24(28)21-13-8-16-26(21)23(20-12-6-7-15-25-20)19-11-4-5-14-22(19)29-17-18-9-2-1-3-10-18/h1-7,9-12,14-15,21,23H,8,13,16-17H2,(H,27,28). The Labute approximate surface area is 170 Å². The lowest BCUT2D eigenvalue weighted by Gasteiger charge is -2.32. The minimum atomic E-state index is -0.786. The maximum Gasteiger partial charge on any atom is 0.320 e. The first kappa shape index (κ1) is 19.2. The van der Waals surface area contributed by atoms with E-state index in [9.17, 15) is 9.90 Å². The minimum Gasteiger partial charge on any atom is -0.489 e. The average Bonchev–Trinajstić information content (AvgIpc) is 3.25. The number of carboxylic acids is 1. The average molecular weight is 388 g/mol. The molecule has 29 heavy (non-hydrogen) atoms. The number of carbonyl (C=O) groups is 1. The van der Waals surface area contributed by atoms with Crippen LogP contribution in [0.15, 0.2) is 79.0 Å². The number of rotatable bonds is 7. The van der Waals surface area contributed by atoms with Crippen molar-refractivity contribution >= 4 is 5.97 Å². The predicted octanol–water partition coefficient (Wildman–Crippen LogP) is 4.30. The van der Waals surface area contributed by atoms with Crippen LogP contribution in [0.5, 0.6) is 5.75 Å². The number of likely N-dealkylation sites (tertiary alicyclic amines) is 1. The molecule has 0 amide bonds. The molecule has 1 saturated heterocycles. The third-order valence-corrected chi connectivity index (χ3v) is 5.33. The lowest BCUT2D eigenvalue weighted by Crippen LogP contribution is -2.39. The number of aliphatic carboxylic acids is 1. The maximum atomic E-state index is 11.9. The van der Waals surface area contributed by atoms with Crippen molar-refractivity contribution in [3.8, 4) is 5.75 Å². The van der Waals surface area contributed by atoms with Crippen LogP contribution in [-0.2, 0) is 11.4 Å². The Balaban J connectivity index is 1.70. The third kappa shape index (κ3) is 4.30. The van der Waals surface area contributed by atoms with E-state index in [0.29, 0.717) is 19.6 Å². The van der Waals surface area contributed by atoms with Crippen LogP contribution in [0.1, 0.15) is 35.7 Å². The van der Waals surface area contributed by atoms with E-state index in [1.807, 2.05) is 77.7 Å². The van der Waals surface area contributed by atoms with E-state index < -0.39 is 12.0 Å². The van der Waals surface area contributed by atoms with Crippen molar-refractivity contribution in [1.82, 2.24) is 9.88 Å². The molecule has 1 fully saturated rings. The van der Waals surface area contributed by atoms with Gasteiger partial charge in [0.15, 0.2) is 0 Å². The first-order valence-electron chi connectivity index (χ1n) is 9.89. The molecule has 2 unspecified atom stereocenters. The van der Waals surface area contributed by atoms with E-state index in [1.165, 1.54) is 0 Å². The lowest BCUT2D eigenvalue weighted by atomic mass is 9.99. The van der Waals surface area contributed by atoms with Crippen molar-refractivity contribution in [2.75, 3.05) is 6.54 Å². The number of hydrogen-bond acceptors (Lipinski definition) is 4. The normalized spacial score (nSPS) is 17.7. The van der Waals surface area contributed by atoms with E-state index in [0.717, 1.165) is 29.0 Å². The summed E-state index contributed by atoms with van der Waals surface area (Å²) >= 11 is 0. The molecule has 2 heterocycles. The molecule has 0 radical (unpaired) electrons. The van der Waals surface area contributed by atoms with E-state index in [1.54, 1.807) is 6.20 Å². The van der Waals surface area contributed by atoms with Gasteiger partial charge in [0.25, 0.3) is 0 Å². The first-order chi connectivity index (χ1) is 14.2. The van der Waals surface area contributed by atoms with Gasteiger partial charge in [0.1, 0.15) is 18.4 Å². The molecule has 0 aliphatic carbocycles. The molecule has 5 nitrogen and oxygen atoms in total. The Bertz CT molecular complexity index is 947. The van der Waals surface area contributed by atoms with E-state index in [2.05, 4.69) is 4.98 Å². The van der Waals surface area contributed by atoms with Gasteiger partial charge in [-0.05, 0) is 36.6 Å². The second-order valence-corrected chi connectivity index (χ2v) is 7.20. The Morgan fingerprint density at radius 3 is 2.59 bits per heavy atom. The summed E-state index contributed by atoms with van der Waals surface area (Å²) in [5.41, 5.74) is 2.85. The van der Waals surface area contributed by atoms with Gasteiger partial charge in [-0.3, -0.25) is 14.7 Å². The van der Waals surface area contributed by atoms with E-state index in [4.69, 9.17) is 4.74 Å². The number of aromatic nitrogens is 1. The number of ether oxygens (including phenoxy) is 1. The summed E-state index contributed by atoms with van der Waals surface area (Å²) in [7, 11) is 0. The van der Waals surface area contributed by atoms with Gasteiger partial charge < -0.3 is 9.84 Å². The van der Waals surface area contributed by atoms with Gasteiger partial charge in [-0.15, -0.1) is 0 Å². The van der Waals surface area contributed by atoms with Crippen molar-refractivity contribution in [2.45, 2.75) is 31.5 Å². The molecule has 4 rings (SSSR count). The monoisotopic (exact) mass is 388 g/mol. The number of para-hydroxylation sites is 1. The van der Waals surface area contributed by atoms with Crippen LogP contribution in [0.4, 0.5) is 0 Å². The highest BCUT2D eigenvalue weighted by atomic mass is 16.5. The van der Waals surface area contributed by atoms with Crippen LogP contribution >= 0.6 is 0 Å². The zero-order valence-electron chi connectivity index (χ0n) is 16.1. The highest BCUT2D eigenvalue weighted by Gasteiger charge is 2.38. The Kier molecular flexibility index (Phi) is 5.86. The fourth-order valence-electron chi connectivity index (χ4n) is 3.98. The fourth-order valence-corrected chi connectivity index (χ4v) is 3.98. The zero-order chi connectivity index (χ0) is 20.1. The van der Waals surface area contributed by atoms with Crippen molar-refractivity contribution in [1.29, 1.82) is 0 Å². The SMILES string of the molecule is O=C(O)C1CCCN1C(c1ccccn1)c1ccccc1OCc1ccccc1. The number of nitrogens with zero attached hydrogens (tertiary/aromatic N) is 2. The molecule has 5 heteroatoms. The van der Waals surface area contributed by atoms with Crippen molar-refractivity contribution < 1.29 is 14.6 Å². The van der Waals surface area contributed by atoms with Crippen LogP contribution < -0.4 is 4.74 Å². The molecule has 148 valence electrons. The highest BCUT2D eigenvalue weighted by Crippen LogP contribution is 2.38. The van der Waals surface area contributed by atoms with E-state index >= 15 is 0 Å². The minimum absolute atomic E-state index is 0.272. The van der Waals surface area contributed by atoms with Crippen LogP contribution in [0.25, 0.3) is 0 Å². The fraction of sp³-hybridized carbons (Fsp3) is 0.250. The molecule has 1 aliphatic heterocycles. The number of hydrogen-bond donors (Lipinski definition) is 1. The Morgan fingerprint density at radius 1 is 1.07 bits per heavy atom. The first-order valence-corrected chi connectivity index (χ1v) is 9.89. The zero-order valence-corrected chi connectivity index (χ0v) is 16.1. The molecule has 1 N–H and O–H groups in total. The molecule has 3 aromatic rings. The summed E-state index contributed by atoms with van der Waals surface area (Å²) < 4.78 is 6.18. The third-order valence-electron chi connectivity index (χ3n) is 5.33. The largest absolute Gasteiger partial charge is 0.489 e. The van der Waals surface area contributed by atoms with Crippen LogP contribution in [-0.4, -0.2) is 33.5 Å². The second kappa shape index (κ2) is 8.88. The molecule has 1 aromatic heterocycles. The van der Waals surface area contributed by atoms with Crippen molar-refractivity contribution in [2.24, 2.45) is 0 Å². The number of pyridine rings is 1. The summed E-state index contributed by atoms with van der Waals surface area (Å²) in [6.07, 6.45) is 3.25. The summed E-state index contributed by atoms with van der Waals surface area (Å²) in [5.74, 6) is -0.0332. The smallest absolute Gasteiger partial charge is 0.320 e. The van der Waals surface area contributed by atoms with Crippen LogP contribution in [0.2, 0.25) is 0 Å². The number of benzene rings is 2. The molecule has 2 aromatic carbocycles. The molecule has 0 bridgehead atoms.